The monoisotopic (exact) mass is 340 g/mol. The van der Waals surface area contributed by atoms with Crippen LogP contribution in [-0.2, 0) is 4.74 Å². The number of ether oxygens (including phenoxy) is 1. The molecule has 0 aliphatic carbocycles. The van der Waals surface area contributed by atoms with E-state index in [0.717, 1.165) is 30.5 Å². The van der Waals surface area contributed by atoms with Crippen LogP contribution in [0.5, 0.6) is 0 Å². The molecule has 2 saturated heterocycles. The minimum atomic E-state index is -0.192. The summed E-state index contributed by atoms with van der Waals surface area (Å²) in [4.78, 5) is 12.4. The molecule has 2 aliphatic rings. The molecule has 1 aromatic heterocycles. The molecule has 2 fully saturated rings. The average Bonchev–Trinajstić information content (AvgIpc) is 3.30. The van der Waals surface area contributed by atoms with E-state index in [1.54, 1.807) is 0 Å². The second-order valence-corrected chi connectivity index (χ2v) is 7.13. The summed E-state index contributed by atoms with van der Waals surface area (Å²) in [6, 6.07) is 12.0. The van der Waals surface area contributed by atoms with E-state index in [1.165, 1.54) is 0 Å². The quantitative estimate of drug-likeness (QED) is 0.894. The summed E-state index contributed by atoms with van der Waals surface area (Å²) in [6.45, 7) is 4.10. The normalized spacial score (nSPS) is 24.7. The molecule has 0 radical (unpaired) electrons. The minimum Gasteiger partial charge on any atom is -0.373 e. The van der Waals surface area contributed by atoms with Gasteiger partial charge >= 0.3 is 6.03 Å². The third-order valence-electron chi connectivity index (χ3n) is 4.96. The first-order chi connectivity index (χ1) is 12.1. The van der Waals surface area contributed by atoms with Crippen molar-refractivity contribution in [1.29, 1.82) is 0 Å². The van der Waals surface area contributed by atoms with E-state index in [0.29, 0.717) is 11.9 Å². The third kappa shape index (κ3) is 3.26. The topological polar surface area (TPSA) is 68.2 Å². The first-order valence-corrected chi connectivity index (χ1v) is 8.98. The van der Waals surface area contributed by atoms with Crippen molar-refractivity contribution in [3.8, 4) is 11.3 Å². The van der Waals surface area contributed by atoms with Crippen LogP contribution in [0.1, 0.15) is 39.2 Å². The molecule has 0 spiro atoms. The van der Waals surface area contributed by atoms with Crippen molar-refractivity contribution in [3.63, 3.8) is 0 Å². The van der Waals surface area contributed by atoms with Crippen molar-refractivity contribution in [2.24, 2.45) is 0 Å². The first kappa shape index (κ1) is 16.1. The molecule has 25 heavy (non-hydrogen) atoms. The lowest BCUT2D eigenvalue weighted by atomic mass is 9.96. The van der Waals surface area contributed by atoms with Crippen molar-refractivity contribution in [3.05, 3.63) is 36.4 Å². The number of carbonyl (C=O) groups is 1. The van der Waals surface area contributed by atoms with Gasteiger partial charge in [-0.1, -0.05) is 30.3 Å². The highest BCUT2D eigenvalue weighted by Crippen LogP contribution is 2.34. The lowest BCUT2D eigenvalue weighted by Crippen LogP contribution is -2.43. The van der Waals surface area contributed by atoms with E-state index < -0.39 is 0 Å². The molecule has 3 heterocycles. The van der Waals surface area contributed by atoms with E-state index in [1.807, 2.05) is 41.1 Å². The Labute approximate surface area is 147 Å². The molecule has 1 aromatic carbocycles. The van der Waals surface area contributed by atoms with Crippen LogP contribution < -0.4 is 10.6 Å². The zero-order chi connectivity index (χ0) is 17.4. The molecule has 0 saturated carbocycles. The van der Waals surface area contributed by atoms with Gasteiger partial charge in [-0.2, -0.15) is 5.10 Å². The van der Waals surface area contributed by atoms with Gasteiger partial charge in [0.25, 0.3) is 0 Å². The van der Waals surface area contributed by atoms with Crippen molar-refractivity contribution in [1.82, 2.24) is 15.1 Å². The van der Waals surface area contributed by atoms with E-state index in [9.17, 15) is 4.79 Å². The van der Waals surface area contributed by atoms with Crippen molar-refractivity contribution in [2.45, 2.75) is 57.4 Å². The summed E-state index contributed by atoms with van der Waals surface area (Å²) in [7, 11) is 0. The molecule has 4 rings (SSSR count). The van der Waals surface area contributed by atoms with Gasteiger partial charge < -0.3 is 10.1 Å². The lowest BCUT2D eigenvalue weighted by Gasteiger charge is -2.20. The van der Waals surface area contributed by atoms with Gasteiger partial charge in [0.1, 0.15) is 5.82 Å². The van der Waals surface area contributed by atoms with Crippen LogP contribution in [0.3, 0.4) is 0 Å². The van der Waals surface area contributed by atoms with E-state index >= 15 is 0 Å². The second-order valence-electron chi connectivity index (χ2n) is 7.13. The number of carbonyl (C=O) groups excluding carboxylic acids is 1. The molecule has 2 bridgehead atoms. The highest BCUT2D eigenvalue weighted by atomic mass is 16.5. The number of hydrogen-bond acceptors (Lipinski definition) is 3. The van der Waals surface area contributed by atoms with Gasteiger partial charge in [-0.05, 0) is 33.1 Å². The van der Waals surface area contributed by atoms with Crippen molar-refractivity contribution in [2.75, 3.05) is 5.32 Å². The number of benzene rings is 1. The lowest BCUT2D eigenvalue weighted by molar-refractivity contribution is 0.0984. The Balaban J connectivity index is 1.49. The predicted molar refractivity (Wildman–Crippen MR) is 96.5 cm³/mol. The maximum absolute atomic E-state index is 12.4. The largest absolute Gasteiger partial charge is 0.373 e. The van der Waals surface area contributed by atoms with Gasteiger partial charge in [-0.15, -0.1) is 0 Å². The van der Waals surface area contributed by atoms with Gasteiger partial charge in [0, 0.05) is 17.7 Å². The summed E-state index contributed by atoms with van der Waals surface area (Å²) in [5.74, 6) is 0.704. The number of anilines is 1. The molecular weight excluding hydrogens is 316 g/mol. The van der Waals surface area contributed by atoms with E-state index in [2.05, 4.69) is 29.6 Å². The van der Waals surface area contributed by atoms with Gasteiger partial charge in [-0.3, -0.25) is 5.32 Å². The van der Waals surface area contributed by atoms with E-state index in [4.69, 9.17) is 4.74 Å². The van der Waals surface area contributed by atoms with Crippen molar-refractivity contribution < 1.29 is 9.53 Å². The van der Waals surface area contributed by atoms with Gasteiger partial charge in [-0.25, -0.2) is 9.48 Å². The Morgan fingerprint density at radius 1 is 1.28 bits per heavy atom. The summed E-state index contributed by atoms with van der Waals surface area (Å²) in [5.41, 5.74) is 1.89. The van der Waals surface area contributed by atoms with Crippen LogP contribution in [0.4, 0.5) is 10.6 Å². The van der Waals surface area contributed by atoms with Gasteiger partial charge in [0.2, 0.25) is 0 Å². The number of urea groups is 1. The molecule has 2 aromatic rings. The first-order valence-electron chi connectivity index (χ1n) is 8.98. The van der Waals surface area contributed by atoms with E-state index in [-0.39, 0.29) is 24.2 Å². The summed E-state index contributed by atoms with van der Waals surface area (Å²) in [6.07, 6.45) is 3.56. The fourth-order valence-corrected chi connectivity index (χ4v) is 3.74. The SMILES string of the molecule is CC(C)n1nc(-c2ccccc2)cc1NC(=O)N[C@H]1C[C@H]2CC[C@H]1O2. The van der Waals surface area contributed by atoms with Gasteiger partial charge in [0.05, 0.1) is 23.9 Å². The molecule has 2 N–H and O–H groups in total. The molecule has 6 nitrogen and oxygen atoms in total. The Bertz CT molecular complexity index is 756. The van der Waals surface area contributed by atoms with Crippen LogP contribution in [0.2, 0.25) is 0 Å². The summed E-state index contributed by atoms with van der Waals surface area (Å²) < 4.78 is 7.65. The molecule has 132 valence electrons. The second kappa shape index (κ2) is 6.52. The zero-order valence-electron chi connectivity index (χ0n) is 14.6. The van der Waals surface area contributed by atoms with Crippen LogP contribution in [0.15, 0.2) is 36.4 Å². The maximum atomic E-state index is 12.4. The van der Waals surface area contributed by atoms with Crippen LogP contribution in [-0.4, -0.2) is 34.1 Å². The smallest absolute Gasteiger partial charge is 0.320 e. The molecule has 2 amide bonds. The Morgan fingerprint density at radius 2 is 2.08 bits per heavy atom. The Morgan fingerprint density at radius 3 is 2.72 bits per heavy atom. The number of rotatable bonds is 4. The molecule has 0 unspecified atom stereocenters. The molecule has 6 heteroatoms. The number of amides is 2. The van der Waals surface area contributed by atoms with Crippen LogP contribution in [0, 0.1) is 0 Å². The Kier molecular flexibility index (Phi) is 4.21. The number of nitrogens with zero attached hydrogens (tertiary/aromatic N) is 2. The highest BCUT2D eigenvalue weighted by Gasteiger charge is 2.41. The van der Waals surface area contributed by atoms with Crippen LogP contribution in [0.25, 0.3) is 11.3 Å². The maximum Gasteiger partial charge on any atom is 0.320 e. The molecule has 3 atom stereocenters. The van der Waals surface area contributed by atoms with Crippen molar-refractivity contribution >= 4 is 11.8 Å². The summed E-state index contributed by atoms with van der Waals surface area (Å²) >= 11 is 0. The average molecular weight is 340 g/mol. The number of fused-ring (bicyclic) bond motifs is 2. The molecule has 2 aliphatic heterocycles. The van der Waals surface area contributed by atoms with Gasteiger partial charge in [0.15, 0.2) is 0 Å². The fourth-order valence-electron chi connectivity index (χ4n) is 3.74. The third-order valence-corrected chi connectivity index (χ3v) is 4.96. The number of aromatic nitrogens is 2. The number of nitrogens with one attached hydrogen (secondary N) is 2. The number of hydrogen-bond donors (Lipinski definition) is 2. The summed E-state index contributed by atoms with van der Waals surface area (Å²) in [5, 5.41) is 10.7. The fraction of sp³-hybridized carbons (Fsp3) is 0.474. The molecular formula is C19H24N4O2. The minimum absolute atomic E-state index is 0.114. The predicted octanol–water partition coefficient (Wildman–Crippen LogP) is 3.57. The van der Waals surface area contributed by atoms with Crippen LogP contribution >= 0.6 is 0 Å². The highest BCUT2D eigenvalue weighted by molar-refractivity contribution is 5.89. The Hall–Kier alpha value is -2.34. The standard InChI is InChI=1S/C19H24N4O2/c1-12(2)23-18(11-15(22-23)13-6-4-3-5-7-13)21-19(24)20-16-10-14-8-9-17(16)25-14/h3-7,11-12,14,16-17H,8-10H2,1-2H3,(H2,20,21,24)/t14-,16+,17-/m1/s1. The zero-order valence-corrected chi connectivity index (χ0v) is 14.6.